The van der Waals surface area contributed by atoms with Crippen LogP contribution in [0, 0.1) is 0 Å². The highest BCUT2D eigenvalue weighted by Gasteiger charge is 2.11. The van der Waals surface area contributed by atoms with Crippen LogP contribution in [0.2, 0.25) is 0 Å². The maximum Gasteiger partial charge on any atom is 0.469 e. The van der Waals surface area contributed by atoms with Crippen molar-refractivity contribution in [2.45, 2.75) is 6.42 Å². The first-order valence-corrected chi connectivity index (χ1v) is 4.91. The van der Waals surface area contributed by atoms with Gasteiger partial charge in [0.1, 0.15) is 4.49 Å². The zero-order chi connectivity index (χ0) is 8.91. The Balaban J connectivity index is 3.44. The molecule has 11 heavy (non-hydrogen) atoms. The van der Waals surface area contributed by atoms with Crippen LogP contribution >= 0.6 is 31.0 Å². The molecule has 0 fully saturated rings. The number of phosphoric acid groups is 1. The van der Waals surface area contributed by atoms with Gasteiger partial charge in [-0.15, -0.1) is 0 Å². The Labute approximate surface area is 74.0 Å². The van der Waals surface area contributed by atoms with E-state index in [1.807, 2.05) is 0 Å². The van der Waals surface area contributed by atoms with Crippen LogP contribution in [0.1, 0.15) is 6.42 Å². The lowest BCUT2D eigenvalue weighted by atomic mass is 10.5. The van der Waals surface area contributed by atoms with Crippen molar-refractivity contribution in [1.82, 2.24) is 0 Å². The molecule has 0 saturated heterocycles. The van der Waals surface area contributed by atoms with Gasteiger partial charge in [-0.3, -0.25) is 4.52 Å². The smallest absolute Gasteiger partial charge is 0.303 e. The highest BCUT2D eigenvalue weighted by molar-refractivity contribution is 7.46. The first kappa shape index (κ1) is 11.4. The summed E-state index contributed by atoms with van der Waals surface area (Å²) >= 11 is 10.4. The maximum atomic E-state index is 10.1. The van der Waals surface area contributed by atoms with Gasteiger partial charge in [-0.25, -0.2) is 4.57 Å². The van der Waals surface area contributed by atoms with Crippen molar-refractivity contribution in [3.8, 4) is 0 Å². The largest absolute Gasteiger partial charge is 0.469 e. The van der Waals surface area contributed by atoms with Crippen LogP contribution in [-0.2, 0) is 9.09 Å². The zero-order valence-electron chi connectivity index (χ0n) is 5.41. The molecular weight excluding hydrogens is 214 g/mol. The predicted octanol–water partition coefficient (Wildman–Crippen LogP) is 1.80. The first-order chi connectivity index (χ1) is 4.92. The second kappa shape index (κ2) is 5.14. The molecule has 0 rings (SSSR count). The summed E-state index contributed by atoms with van der Waals surface area (Å²) in [5.74, 6) is 0. The maximum absolute atomic E-state index is 10.1. The van der Waals surface area contributed by atoms with E-state index >= 15 is 0 Å². The molecule has 0 aromatic rings. The van der Waals surface area contributed by atoms with E-state index in [9.17, 15) is 4.57 Å². The molecule has 0 heterocycles. The molecule has 0 aliphatic carbocycles. The van der Waals surface area contributed by atoms with Gasteiger partial charge in [0.15, 0.2) is 0 Å². The molecule has 0 atom stereocenters. The monoisotopic (exact) mass is 220 g/mol. The standard InChI is InChI=1S/C4H7Cl2O4P/c5-4(6)2-1-3-10-11(7,8)9/h2H,1,3H2,(H2,7,8,9). The van der Waals surface area contributed by atoms with Crippen molar-refractivity contribution in [2.75, 3.05) is 6.61 Å². The van der Waals surface area contributed by atoms with E-state index in [0.717, 1.165) is 0 Å². The summed E-state index contributed by atoms with van der Waals surface area (Å²) in [6.07, 6.45) is 1.66. The summed E-state index contributed by atoms with van der Waals surface area (Å²) in [4.78, 5) is 16.4. The van der Waals surface area contributed by atoms with Crippen molar-refractivity contribution in [3.63, 3.8) is 0 Å². The van der Waals surface area contributed by atoms with Gasteiger partial charge in [0.05, 0.1) is 6.61 Å². The SMILES string of the molecule is O=P(O)(O)OCCC=C(Cl)Cl. The Kier molecular flexibility index (Phi) is 5.34. The van der Waals surface area contributed by atoms with E-state index in [2.05, 4.69) is 4.52 Å². The Morgan fingerprint density at radius 3 is 2.45 bits per heavy atom. The van der Waals surface area contributed by atoms with Crippen molar-refractivity contribution in [3.05, 3.63) is 10.6 Å². The summed E-state index contributed by atoms with van der Waals surface area (Å²) in [6, 6.07) is 0. The molecule has 0 spiro atoms. The van der Waals surface area contributed by atoms with E-state index in [1.165, 1.54) is 6.08 Å². The topological polar surface area (TPSA) is 66.8 Å². The number of hydrogen-bond acceptors (Lipinski definition) is 2. The average molecular weight is 221 g/mol. The van der Waals surface area contributed by atoms with E-state index in [0.29, 0.717) is 0 Å². The van der Waals surface area contributed by atoms with Crippen LogP contribution in [-0.4, -0.2) is 16.4 Å². The predicted molar refractivity (Wildman–Crippen MR) is 42.4 cm³/mol. The molecule has 4 nitrogen and oxygen atoms in total. The highest BCUT2D eigenvalue weighted by Crippen LogP contribution is 2.35. The van der Waals surface area contributed by atoms with Crippen LogP contribution in [0.3, 0.4) is 0 Å². The van der Waals surface area contributed by atoms with Gasteiger partial charge >= 0.3 is 7.82 Å². The summed E-state index contributed by atoms with van der Waals surface area (Å²) < 4.78 is 14.2. The van der Waals surface area contributed by atoms with E-state index < -0.39 is 7.82 Å². The molecule has 0 saturated carbocycles. The Morgan fingerprint density at radius 1 is 1.55 bits per heavy atom. The molecule has 0 unspecified atom stereocenters. The fourth-order valence-electron chi connectivity index (χ4n) is 0.340. The van der Waals surface area contributed by atoms with Crippen LogP contribution < -0.4 is 0 Å². The zero-order valence-corrected chi connectivity index (χ0v) is 7.81. The number of rotatable bonds is 4. The van der Waals surface area contributed by atoms with Crippen LogP contribution in [0.4, 0.5) is 0 Å². The molecular formula is C4H7Cl2O4P. The minimum Gasteiger partial charge on any atom is -0.303 e. The second-order valence-corrected chi connectivity index (χ2v) is 3.85. The van der Waals surface area contributed by atoms with E-state index in [1.54, 1.807) is 0 Å². The molecule has 66 valence electrons. The molecule has 0 aliphatic heterocycles. The molecule has 0 aromatic heterocycles. The minimum atomic E-state index is -4.34. The third-order valence-electron chi connectivity index (χ3n) is 0.676. The lowest BCUT2D eigenvalue weighted by molar-refractivity contribution is 0.200. The fourth-order valence-corrected chi connectivity index (χ4v) is 0.901. The molecule has 2 N–H and O–H groups in total. The number of hydrogen-bond donors (Lipinski definition) is 2. The molecule has 0 aliphatic rings. The van der Waals surface area contributed by atoms with Gasteiger partial charge in [0.2, 0.25) is 0 Å². The highest BCUT2D eigenvalue weighted by atomic mass is 35.5. The molecule has 0 amide bonds. The van der Waals surface area contributed by atoms with Crippen molar-refractivity contribution in [1.29, 1.82) is 0 Å². The number of phosphoric ester groups is 1. The Hall–Kier alpha value is 0.430. The lowest BCUT2D eigenvalue weighted by Crippen LogP contribution is -1.89. The van der Waals surface area contributed by atoms with Crippen LogP contribution in [0.15, 0.2) is 10.6 Å². The number of halogens is 2. The quantitative estimate of drug-likeness (QED) is 0.561. The molecule has 7 heteroatoms. The van der Waals surface area contributed by atoms with Gasteiger partial charge in [-0.2, -0.15) is 0 Å². The van der Waals surface area contributed by atoms with Gasteiger partial charge in [0.25, 0.3) is 0 Å². The van der Waals surface area contributed by atoms with Crippen molar-refractivity contribution < 1.29 is 18.9 Å². The van der Waals surface area contributed by atoms with Gasteiger partial charge in [0, 0.05) is 0 Å². The summed E-state index contributed by atoms with van der Waals surface area (Å²) in [6.45, 7) is -0.104. The molecule has 0 radical (unpaired) electrons. The second-order valence-electron chi connectivity index (χ2n) is 1.61. The van der Waals surface area contributed by atoms with Gasteiger partial charge < -0.3 is 9.79 Å². The molecule has 0 bridgehead atoms. The summed E-state index contributed by atoms with van der Waals surface area (Å²) in [5, 5.41) is 0. The third kappa shape index (κ3) is 10.4. The minimum absolute atomic E-state index is 0.0549. The first-order valence-electron chi connectivity index (χ1n) is 2.63. The van der Waals surface area contributed by atoms with Gasteiger partial charge in [-0.1, -0.05) is 29.3 Å². The van der Waals surface area contributed by atoms with E-state index in [-0.39, 0.29) is 17.5 Å². The van der Waals surface area contributed by atoms with Crippen LogP contribution in [0.25, 0.3) is 0 Å². The third-order valence-corrected chi connectivity index (χ3v) is 1.50. The average Bonchev–Trinajstić information content (AvgIpc) is 1.78. The molecule has 0 aromatic carbocycles. The van der Waals surface area contributed by atoms with Crippen molar-refractivity contribution >= 4 is 31.0 Å². The normalized spacial score (nSPS) is 11.3. The Morgan fingerprint density at radius 2 is 2.09 bits per heavy atom. The van der Waals surface area contributed by atoms with Crippen molar-refractivity contribution in [2.24, 2.45) is 0 Å². The summed E-state index contributed by atoms with van der Waals surface area (Å²) in [5.41, 5.74) is 0. The lowest BCUT2D eigenvalue weighted by Gasteiger charge is -2.01. The van der Waals surface area contributed by atoms with E-state index in [4.69, 9.17) is 33.0 Å². The fraction of sp³-hybridized carbons (Fsp3) is 0.500. The van der Waals surface area contributed by atoms with Crippen LogP contribution in [0.5, 0.6) is 0 Å². The Bertz CT molecular complexity index is 183. The summed E-state index contributed by atoms with van der Waals surface area (Å²) in [7, 11) is -4.34. The van der Waals surface area contributed by atoms with Gasteiger partial charge in [-0.05, 0) is 6.42 Å².